The molecular formula is C25H36N6O3S. The molecule has 3 rings (SSSR count). The van der Waals surface area contributed by atoms with Crippen LogP contribution in [-0.4, -0.2) is 42.0 Å². The van der Waals surface area contributed by atoms with E-state index in [9.17, 15) is 4.79 Å². The topological polar surface area (TPSA) is 115 Å². The van der Waals surface area contributed by atoms with E-state index in [0.717, 1.165) is 47.8 Å². The lowest BCUT2D eigenvalue weighted by molar-refractivity contribution is 0.0769. The third-order valence-corrected chi connectivity index (χ3v) is 7.26. The highest BCUT2D eigenvalue weighted by molar-refractivity contribution is 7.09. The number of benzene rings is 1. The van der Waals surface area contributed by atoms with E-state index in [-0.39, 0.29) is 6.09 Å². The molecule has 9 nitrogen and oxygen atoms in total. The van der Waals surface area contributed by atoms with Gasteiger partial charge in [0.25, 0.3) is 0 Å². The normalized spacial score (nSPS) is 15.7. The molecule has 1 aliphatic rings. The number of aromatic nitrogens is 1. The van der Waals surface area contributed by atoms with Crippen molar-refractivity contribution in [2.75, 3.05) is 19.7 Å². The first kappa shape index (κ1) is 26.6. The van der Waals surface area contributed by atoms with Crippen molar-refractivity contribution < 1.29 is 14.3 Å². The molecule has 190 valence electrons. The van der Waals surface area contributed by atoms with Gasteiger partial charge >= 0.3 is 6.09 Å². The third kappa shape index (κ3) is 8.61. The van der Waals surface area contributed by atoms with Crippen molar-refractivity contribution in [3.05, 3.63) is 40.3 Å². The maximum Gasteiger partial charge on any atom is 0.409 e. The summed E-state index contributed by atoms with van der Waals surface area (Å²) < 4.78 is 11.5. The first-order valence-corrected chi connectivity index (χ1v) is 13.2. The maximum absolute atomic E-state index is 12.5. The SMILES string of the molecule is CCCCC(CC)COC(=O)N1CCC(c2nc(COc3ccc(N=CN=NN)cc3)cs2)CC1. The van der Waals surface area contributed by atoms with Gasteiger partial charge in [-0.3, -0.25) is 0 Å². The van der Waals surface area contributed by atoms with Crippen LogP contribution in [0.25, 0.3) is 0 Å². The number of rotatable bonds is 12. The number of unbranched alkanes of at least 4 members (excludes halogenated alkanes) is 1. The van der Waals surface area contributed by atoms with Gasteiger partial charge in [0.05, 0.1) is 23.0 Å². The fourth-order valence-electron chi connectivity index (χ4n) is 3.97. The molecule has 0 bridgehead atoms. The van der Waals surface area contributed by atoms with Crippen molar-refractivity contribution in [3.63, 3.8) is 0 Å². The molecule has 2 aromatic rings. The molecule has 2 N–H and O–H groups in total. The molecule has 0 radical (unpaired) electrons. The van der Waals surface area contributed by atoms with Gasteiger partial charge in [0.2, 0.25) is 0 Å². The van der Waals surface area contributed by atoms with Gasteiger partial charge in [-0.25, -0.2) is 14.8 Å². The Morgan fingerprint density at radius 1 is 1.29 bits per heavy atom. The Morgan fingerprint density at radius 2 is 2.06 bits per heavy atom. The third-order valence-electron chi connectivity index (χ3n) is 6.21. The number of carbonyl (C=O) groups is 1. The zero-order chi connectivity index (χ0) is 24.9. The summed E-state index contributed by atoms with van der Waals surface area (Å²) in [6, 6.07) is 7.36. The fourth-order valence-corrected chi connectivity index (χ4v) is 4.95. The van der Waals surface area contributed by atoms with Crippen LogP contribution in [0.2, 0.25) is 0 Å². The van der Waals surface area contributed by atoms with Gasteiger partial charge in [-0.1, -0.05) is 38.3 Å². The van der Waals surface area contributed by atoms with Crippen molar-refractivity contribution in [2.45, 2.75) is 64.9 Å². The number of piperidine rings is 1. The van der Waals surface area contributed by atoms with Gasteiger partial charge in [-0.05, 0) is 49.4 Å². The van der Waals surface area contributed by atoms with Crippen LogP contribution < -0.4 is 10.6 Å². The molecule has 1 fully saturated rings. The van der Waals surface area contributed by atoms with E-state index >= 15 is 0 Å². The standard InChI is InChI=1S/C25H36N6O3S/c1-3-5-6-19(4-2)15-34-25(32)31-13-11-20(12-14-31)24-29-22(17-35-24)16-33-23-9-7-21(8-10-23)27-18-28-30-26/h7-10,17-20H,3-6,11-16H2,1-2H3,(H2,26,27,28). The Labute approximate surface area is 211 Å². The summed E-state index contributed by atoms with van der Waals surface area (Å²) in [5, 5.41) is 9.78. The summed E-state index contributed by atoms with van der Waals surface area (Å²) in [7, 11) is 0. The highest BCUT2D eigenvalue weighted by Gasteiger charge is 2.27. The average molecular weight is 501 g/mol. The van der Waals surface area contributed by atoms with E-state index in [2.05, 4.69) is 29.2 Å². The molecule has 0 saturated carbocycles. The summed E-state index contributed by atoms with van der Waals surface area (Å²) in [6.07, 6.45) is 7.46. The van der Waals surface area contributed by atoms with Crippen LogP contribution in [0.15, 0.2) is 45.0 Å². The predicted molar refractivity (Wildman–Crippen MR) is 138 cm³/mol. The number of thiazole rings is 1. The van der Waals surface area contributed by atoms with Crippen LogP contribution in [0.1, 0.15) is 69.0 Å². The number of likely N-dealkylation sites (tertiary alicyclic amines) is 1. The summed E-state index contributed by atoms with van der Waals surface area (Å²) >= 11 is 1.66. The van der Waals surface area contributed by atoms with Crippen LogP contribution in [-0.2, 0) is 11.3 Å². The minimum absolute atomic E-state index is 0.174. The first-order valence-electron chi connectivity index (χ1n) is 12.3. The Morgan fingerprint density at radius 3 is 2.74 bits per heavy atom. The Kier molecular flexibility index (Phi) is 10.9. The van der Waals surface area contributed by atoms with Crippen molar-refractivity contribution in [3.8, 4) is 5.75 Å². The summed E-state index contributed by atoms with van der Waals surface area (Å²) in [5.41, 5.74) is 1.65. The number of carbonyl (C=O) groups excluding carboxylic acids is 1. The Balaban J connectivity index is 1.41. The number of ether oxygens (including phenoxy) is 2. The largest absolute Gasteiger partial charge is 0.487 e. The lowest BCUT2D eigenvalue weighted by atomic mass is 9.98. The number of aliphatic imine (C=N–C) groups is 1. The molecule has 1 aromatic carbocycles. The van der Waals surface area contributed by atoms with E-state index in [1.165, 1.54) is 19.2 Å². The first-order chi connectivity index (χ1) is 17.1. The van der Waals surface area contributed by atoms with E-state index < -0.39 is 0 Å². The fraction of sp³-hybridized carbons (Fsp3) is 0.560. The van der Waals surface area contributed by atoms with Gasteiger partial charge in [0.1, 0.15) is 18.7 Å². The number of nitrogens with zero attached hydrogens (tertiary/aromatic N) is 5. The Bertz CT molecular complexity index is 954. The predicted octanol–water partition coefficient (Wildman–Crippen LogP) is 6.24. The zero-order valence-electron chi connectivity index (χ0n) is 20.6. The van der Waals surface area contributed by atoms with Gasteiger partial charge in [0, 0.05) is 24.4 Å². The highest BCUT2D eigenvalue weighted by Crippen LogP contribution is 2.31. The highest BCUT2D eigenvalue weighted by atomic mass is 32.1. The Hall–Kier alpha value is -3.01. The van der Waals surface area contributed by atoms with Crippen LogP contribution >= 0.6 is 11.3 Å². The minimum atomic E-state index is -0.174. The number of hydrogen-bond acceptors (Lipinski definition) is 7. The molecule has 10 heteroatoms. The minimum Gasteiger partial charge on any atom is -0.487 e. The van der Waals surface area contributed by atoms with Gasteiger partial charge in [-0.15, -0.1) is 16.5 Å². The van der Waals surface area contributed by atoms with Crippen LogP contribution in [0.5, 0.6) is 5.75 Å². The summed E-state index contributed by atoms with van der Waals surface area (Å²) in [4.78, 5) is 23.2. The lowest BCUT2D eigenvalue weighted by Crippen LogP contribution is -2.38. The molecule has 0 spiro atoms. The smallest absolute Gasteiger partial charge is 0.409 e. The molecule has 0 aliphatic carbocycles. The molecule has 35 heavy (non-hydrogen) atoms. The second-order valence-electron chi connectivity index (χ2n) is 8.69. The van der Waals surface area contributed by atoms with Crippen molar-refractivity contribution >= 4 is 29.5 Å². The van der Waals surface area contributed by atoms with Crippen molar-refractivity contribution in [1.82, 2.24) is 9.88 Å². The maximum atomic E-state index is 12.5. The molecular weight excluding hydrogens is 464 g/mol. The van der Waals surface area contributed by atoms with Crippen LogP contribution in [0.3, 0.4) is 0 Å². The second-order valence-corrected chi connectivity index (χ2v) is 9.58. The molecule has 1 amide bonds. The number of hydrogen-bond donors (Lipinski definition) is 1. The monoisotopic (exact) mass is 500 g/mol. The molecule has 1 unspecified atom stereocenters. The summed E-state index contributed by atoms with van der Waals surface area (Å²) in [6.45, 7) is 6.71. The molecule has 1 aromatic heterocycles. The zero-order valence-corrected chi connectivity index (χ0v) is 21.5. The van der Waals surface area contributed by atoms with Crippen LogP contribution in [0.4, 0.5) is 10.5 Å². The second kappa shape index (κ2) is 14.4. The van der Waals surface area contributed by atoms with Gasteiger partial charge in [-0.2, -0.15) is 0 Å². The molecule has 1 aliphatic heterocycles. The van der Waals surface area contributed by atoms with Crippen molar-refractivity contribution in [2.24, 2.45) is 27.1 Å². The van der Waals surface area contributed by atoms with E-state index in [1.807, 2.05) is 34.5 Å². The summed E-state index contributed by atoms with van der Waals surface area (Å²) in [5.74, 6) is 6.51. The van der Waals surface area contributed by atoms with E-state index in [0.29, 0.717) is 38.1 Å². The molecule has 1 saturated heterocycles. The van der Waals surface area contributed by atoms with E-state index in [4.69, 9.17) is 20.3 Å². The number of nitrogens with two attached hydrogens (primary N) is 1. The van der Waals surface area contributed by atoms with E-state index in [1.54, 1.807) is 11.3 Å². The molecule has 2 heterocycles. The van der Waals surface area contributed by atoms with Gasteiger partial charge < -0.3 is 20.2 Å². The lowest BCUT2D eigenvalue weighted by Gasteiger charge is -2.30. The molecule has 1 atom stereocenters. The van der Waals surface area contributed by atoms with Gasteiger partial charge in [0.15, 0.2) is 0 Å². The average Bonchev–Trinajstić information content (AvgIpc) is 3.37. The quantitative estimate of drug-likeness (QED) is 0.122. The number of amides is 1. The van der Waals surface area contributed by atoms with Crippen molar-refractivity contribution in [1.29, 1.82) is 0 Å². The van der Waals surface area contributed by atoms with Crippen LogP contribution in [0, 0.1) is 5.92 Å².